The number of sulfone groups is 1. The number of hydrogen-bond donors (Lipinski definition) is 1. The number of nitrogens with zero attached hydrogens (tertiary/aromatic N) is 1. The summed E-state index contributed by atoms with van der Waals surface area (Å²) in [7, 11) is -3.39. The van der Waals surface area contributed by atoms with E-state index in [0.717, 1.165) is 11.3 Å². The van der Waals surface area contributed by atoms with Crippen LogP contribution in [0.5, 0.6) is 0 Å². The van der Waals surface area contributed by atoms with E-state index in [2.05, 4.69) is 5.32 Å². The molecule has 0 bridgehead atoms. The van der Waals surface area contributed by atoms with E-state index >= 15 is 0 Å². The molecule has 0 spiro atoms. The lowest BCUT2D eigenvalue weighted by Gasteiger charge is -2.10. The zero-order valence-electron chi connectivity index (χ0n) is 11.7. The van der Waals surface area contributed by atoms with E-state index in [1.54, 1.807) is 12.1 Å². The average molecular weight is 300 g/mol. The monoisotopic (exact) mass is 300 g/mol. The second kappa shape index (κ2) is 6.42. The second-order valence-electron chi connectivity index (χ2n) is 4.70. The van der Waals surface area contributed by atoms with Crippen molar-refractivity contribution in [1.29, 1.82) is 5.26 Å². The van der Waals surface area contributed by atoms with E-state index < -0.39 is 9.84 Å². The van der Waals surface area contributed by atoms with Gasteiger partial charge in [0, 0.05) is 12.2 Å². The quantitative estimate of drug-likeness (QED) is 0.921. The molecule has 2 aromatic carbocycles. The first-order valence-corrected chi connectivity index (χ1v) is 8.20. The Morgan fingerprint density at radius 2 is 1.90 bits per heavy atom. The van der Waals surface area contributed by atoms with Gasteiger partial charge in [-0.1, -0.05) is 24.3 Å². The number of hydrogen-bond acceptors (Lipinski definition) is 4. The average Bonchev–Trinajstić information content (AvgIpc) is 2.49. The van der Waals surface area contributed by atoms with E-state index in [9.17, 15) is 8.42 Å². The van der Waals surface area contributed by atoms with Crippen molar-refractivity contribution in [3.05, 3.63) is 59.7 Å². The lowest BCUT2D eigenvalue weighted by Crippen LogP contribution is -2.16. The molecule has 21 heavy (non-hydrogen) atoms. The van der Waals surface area contributed by atoms with Crippen molar-refractivity contribution in [2.24, 2.45) is 0 Å². The molecule has 2 rings (SSSR count). The fourth-order valence-corrected chi connectivity index (χ4v) is 3.17. The van der Waals surface area contributed by atoms with Gasteiger partial charge in [-0.05, 0) is 36.8 Å². The number of benzene rings is 2. The molecule has 0 saturated carbocycles. The number of para-hydroxylation sites is 1. The van der Waals surface area contributed by atoms with Crippen LogP contribution in [0.3, 0.4) is 0 Å². The third-order valence-electron chi connectivity index (χ3n) is 3.15. The van der Waals surface area contributed by atoms with Gasteiger partial charge in [-0.15, -0.1) is 0 Å². The van der Waals surface area contributed by atoms with Crippen LogP contribution >= 0.6 is 0 Å². The van der Waals surface area contributed by atoms with Gasteiger partial charge in [0.2, 0.25) is 0 Å². The van der Waals surface area contributed by atoms with Gasteiger partial charge in [-0.3, -0.25) is 0 Å². The van der Waals surface area contributed by atoms with Crippen LogP contribution in [0, 0.1) is 18.3 Å². The number of anilines is 1. The van der Waals surface area contributed by atoms with Gasteiger partial charge < -0.3 is 5.32 Å². The number of rotatable bonds is 5. The normalized spacial score (nSPS) is 10.9. The molecule has 2 aromatic rings. The SMILES string of the molecule is Cc1ccccc1NCCS(=O)(=O)c1cccc(C#N)c1. The van der Waals surface area contributed by atoms with Crippen LogP contribution in [-0.4, -0.2) is 20.7 Å². The van der Waals surface area contributed by atoms with Gasteiger partial charge >= 0.3 is 0 Å². The molecule has 0 fully saturated rings. The fourth-order valence-electron chi connectivity index (χ4n) is 1.97. The van der Waals surface area contributed by atoms with Gasteiger partial charge in [0.15, 0.2) is 9.84 Å². The highest BCUT2D eigenvalue weighted by molar-refractivity contribution is 7.91. The molecule has 4 nitrogen and oxygen atoms in total. The Bertz CT molecular complexity index is 777. The number of aryl methyl sites for hydroxylation is 1. The minimum atomic E-state index is -3.39. The van der Waals surface area contributed by atoms with Crippen LogP contribution in [0.25, 0.3) is 0 Å². The summed E-state index contributed by atoms with van der Waals surface area (Å²) in [5.41, 5.74) is 2.35. The van der Waals surface area contributed by atoms with E-state index in [4.69, 9.17) is 5.26 Å². The lowest BCUT2D eigenvalue weighted by molar-refractivity contribution is 0.596. The molecule has 0 amide bonds. The van der Waals surface area contributed by atoms with Crippen molar-refractivity contribution in [1.82, 2.24) is 0 Å². The van der Waals surface area contributed by atoms with Crippen LogP contribution in [0.1, 0.15) is 11.1 Å². The van der Waals surface area contributed by atoms with Crippen molar-refractivity contribution in [2.45, 2.75) is 11.8 Å². The maximum atomic E-state index is 12.2. The molecule has 0 radical (unpaired) electrons. The minimum absolute atomic E-state index is 0.0176. The van der Waals surface area contributed by atoms with Crippen LogP contribution in [0.15, 0.2) is 53.4 Å². The van der Waals surface area contributed by atoms with Crippen molar-refractivity contribution >= 4 is 15.5 Å². The zero-order valence-corrected chi connectivity index (χ0v) is 12.5. The topological polar surface area (TPSA) is 70.0 Å². The predicted octanol–water partition coefficient (Wildman–Crippen LogP) is 2.75. The smallest absolute Gasteiger partial charge is 0.180 e. The van der Waals surface area contributed by atoms with Crippen LogP contribution in [0.4, 0.5) is 5.69 Å². The second-order valence-corrected chi connectivity index (χ2v) is 6.81. The van der Waals surface area contributed by atoms with Crippen molar-refractivity contribution in [3.63, 3.8) is 0 Å². The summed E-state index contributed by atoms with van der Waals surface area (Å²) in [4.78, 5) is 0.188. The largest absolute Gasteiger partial charge is 0.384 e. The van der Waals surface area contributed by atoms with E-state index in [-0.39, 0.29) is 10.6 Å². The first kappa shape index (κ1) is 15.1. The van der Waals surface area contributed by atoms with Crippen LogP contribution in [-0.2, 0) is 9.84 Å². The van der Waals surface area contributed by atoms with Crippen LogP contribution < -0.4 is 5.32 Å². The number of nitriles is 1. The molecule has 0 unspecified atom stereocenters. The summed E-state index contributed by atoms with van der Waals surface area (Å²) >= 11 is 0. The fraction of sp³-hybridized carbons (Fsp3) is 0.188. The Morgan fingerprint density at radius 3 is 2.62 bits per heavy atom. The number of nitrogens with one attached hydrogen (secondary N) is 1. The van der Waals surface area contributed by atoms with Crippen LogP contribution in [0.2, 0.25) is 0 Å². The summed E-state index contributed by atoms with van der Waals surface area (Å²) in [6.45, 7) is 2.29. The predicted molar refractivity (Wildman–Crippen MR) is 82.9 cm³/mol. The van der Waals surface area contributed by atoms with Crippen molar-refractivity contribution in [3.8, 4) is 6.07 Å². The molecule has 0 aliphatic heterocycles. The molecule has 0 saturated heterocycles. The van der Waals surface area contributed by atoms with E-state index in [0.29, 0.717) is 12.1 Å². The van der Waals surface area contributed by atoms with Crippen molar-refractivity contribution < 1.29 is 8.42 Å². The maximum Gasteiger partial charge on any atom is 0.180 e. The summed E-state index contributed by atoms with van der Waals surface area (Å²) in [6.07, 6.45) is 0. The molecule has 0 aliphatic rings. The zero-order chi connectivity index (χ0) is 15.3. The van der Waals surface area contributed by atoms with E-state index in [1.165, 1.54) is 12.1 Å². The molecule has 0 heterocycles. The molecular weight excluding hydrogens is 284 g/mol. The summed E-state index contributed by atoms with van der Waals surface area (Å²) < 4.78 is 24.5. The standard InChI is InChI=1S/C16H16N2O2S/c1-13-5-2-3-8-16(13)18-9-10-21(19,20)15-7-4-6-14(11-15)12-17/h2-8,11,18H,9-10H2,1H3. The summed E-state index contributed by atoms with van der Waals surface area (Å²) in [5.74, 6) is -0.0176. The summed E-state index contributed by atoms with van der Waals surface area (Å²) in [6, 6.07) is 15.8. The van der Waals surface area contributed by atoms with Gasteiger partial charge in [-0.2, -0.15) is 5.26 Å². The van der Waals surface area contributed by atoms with Gasteiger partial charge in [0.1, 0.15) is 0 Å². The lowest BCUT2D eigenvalue weighted by atomic mass is 10.2. The highest BCUT2D eigenvalue weighted by Crippen LogP contribution is 2.15. The molecule has 0 atom stereocenters. The highest BCUT2D eigenvalue weighted by atomic mass is 32.2. The Kier molecular flexibility index (Phi) is 4.61. The Hall–Kier alpha value is -2.32. The molecule has 5 heteroatoms. The van der Waals surface area contributed by atoms with Gasteiger partial charge in [0.05, 0.1) is 22.3 Å². The first-order valence-electron chi connectivity index (χ1n) is 6.55. The van der Waals surface area contributed by atoms with E-state index in [1.807, 2.05) is 37.3 Å². The maximum absolute atomic E-state index is 12.2. The third kappa shape index (κ3) is 3.83. The third-order valence-corrected chi connectivity index (χ3v) is 4.87. The highest BCUT2D eigenvalue weighted by Gasteiger charge is 2.14. The van der Waals surface area contributed by atoms with Gasteiger partial charge in [0.25, 0.3) is 0 Å². The molecule has 108 valence electrons. The molecule has 0 aliphatic carbocycles. The Labute approximate surface area is 125 Å². The Morgan fingerprint density at radius 1 is 1.14 bits per heavy atom. The first-order chi connectivity index (χ1) is 10.0. The minimum Gasteiger partial charge on any atom is -0.384 e. The molecular formula is C16H16N2O2S. The molecule has 1 N–H and O–H groups in total. The summed E-state index contributed by atoms with van der Waals surface area (Å²) in [5, 5.41) is 11.9. The van der Waals surface area contributed by atoms with Gasteiger partial charge in [-0.25, -0.2) is 8.42 Å². The molecule has 0 aromatic heterocycles. The van der Waals surface area contributed by atoms with Crippen molar-refractivity contribution in [2.75, 3.05) is 17.6 Å². The Balaban J connectivity index is 2.05.